The number of benzene rings is 2. The zero-order valence-corrected chi connectivity index (χ0v) is 17.3. The van der Waals surface area contributed by atoms with Crippen LogP contribution in [0.15, 0.2) is 54.6 Å². The van der Waals surface area contributed by atoms with Crippen LogP contribution in [0.4, 0.5) is 5.69 Å². The molecule has 6 heteroatoms. The third-order valence-electron chi connectivity index (χ3n) is 5.08. The zero-order valence-electron chi connectivity index (χ0n) is 15.7. The number of rotatable bonds is 5. The molecule has 0 bridgehead atoms. The second kappa shape index (κ2) is 9.05. The minimum Gasteiger partial charge on any atom is -0.327 e. The van der Waals surface area contributed by atoms with Crippen LogP contribution in [0.5, 0.6) is 0 Å². The average molecular weight is 413 g/mol. The summed E-state index contributed by atoms with van der Waals surface area (Å²) in [6.45, 7) is 0.626. The van der Waals surface area contributed by atoms with E-state index in [9.17, 15) is 9.59 Å². The molecule has 2 heterocycles. The summed E-state index contributed by atoms with van der Waals surface area (Å²) < 4.78 is 0.436. The lowest BCUT2D eigenvalue weighted by Crippen LogP contribution is -2.43. The van der Waals surface area contributed by atoms with E-state index in [4.69, 9.17) is 0 Å². The van der Waals surface area contributed by atoms with Crippen molar-refractivity contribution < 1.29 is 9.59 Å². The highest BCUT2D eigenvalue weighted by molar-refractivity contribution is 8.19. The van der Waals surface area contributed by atoms with E-state index in [1.807, 2.05) is 66.0 Å². The van der Waals surface area contributed by atoms with E-state index in [-0.39, 0.29) is 11.8 Å². The molecule has 1 unspecified atom stereocenters. The van der Waals surface area contributed by atoms with Crippen LogP contribution in [0, 0.1) is 0 Å². The van der Waals surface area contributed by atoms with Crippen molar-refractivity contribution in [1.29, 1.82) is 0 Å². The van der Waals surface area contributed by atoms with E-state index in [0.29, 0.717) is 17.5 Å². The van der Waals surface area contributed by atoms with Crippen molar-refractivity contribution in [3.05, 3.63) is 65.7 Å². The zero-order chi connectivity index (χ0) is 19.3. The lowest BCUT2D eigenvalue weighted by atomic mass is 10.0. The summed E-state index contributed by atoms with van der Waals surface area (Å²) in [4.78, 5) is 27.5. The number of carbonyl (C=O) groups excluding carboxylic acids is 2. The van der Waals surface area contributed by atoms with Gasteiger partial charge in [-0.3, -0.25) is 9.59 Å². The second-order valence-corrected chi connectivity index (χ2v) is 9.77. The first-order valence-corrected chi connectivity index (χ1v) is 11.8. The van der Waals surface area contributed by atoms with Crippen molar-refractivity contribution in [2.45, 2.75) is 29.9 Å². The highest BCUT2D eigenvalue weighted by Gasteiger charge is 2.32. The van der Waals surface area contributed by atoms with E-state index < -0.39 is 6.04 Å². The van der Waals surface area contributed by atoms with Crippen molar-refractivity contribution in [1.82, 2.24) is 4.90 Å². The Morgan fingerprint density at radius 3 is 2.57 bits per heavy atom. The van der Waals surface area contributed by atoms with Crippen LogP contribution in [-0.4, -0.2) is 34.8 Å². The summed E-state index contributed by atoms with van der Waals surface area (Å²) in [5, 5.41) is 3.07. The first-order chi connectivity index (χ1) is 13.7. The number of nitrogens with zero attached hydrogens (tertiary/aromatic N) is 1. The number of piperidine rings is 1. The Labute approximate surface area is 174 Å². The van der Waals surface area contributed by atoms with Gasteiger partial charge in [0.25, 0.3) is 5.91 Å². The highest BCUT2D eigenvalue weighted by Crippen LogP contribution is 2.45. The van der Waals surface area contributed by atoms with Gasteiger partial charge in [-0.1, -0.05) is 42.5 Å². The van der Waals surface area contributed by atoms with Gasteiger partial charge in [-0.25, -0.2) is 0 Å². The molecule has 0 aliphatic carbocycles. The van der Waals surface area contributed by atoms with Gasteiger partial charge in [-0.05, 0) is 36.1 Å². The Bertz CT molecular complexity index is 837. The van der Waals surface area contributed by atoms with Crippen LogP contribution in [0.3, 0.4) is 0 Å². The lowest BCUT2D eigenvalue weighted by molar-refractivity contribution is -0.141. The molecular weight excluding hydrogens is 388 g/mol. The Kier molecular flexibility index (Phi) is 6.27. The molecule has 2 aromatic rings. The first kappa shape index (κ1) is 19.4. The molecule has 28 heavy (non-hydrogen) atoms. The molecule has 2 aliphatic rings. The number of thioether (sulfide) groups is 2. The normalized spacial score (nSPS) is 18.9. The second-order valence-electron chi connectivity index (χ2n) is 7.05. The Morgan fingerprint density at radius 1 is 1.04 bits per heavy atom. The molecule has 4 rings (SSSR count). The number of anilines is 1. The minimum absolute atomic E-state index is 0.0581. The minimum atomic E-state index is -0.590. The quantitative estimate of drug-likeness (QED) is 0.762. The standard InChI is InChI=1S/C22H24N2O2S2/c25-19-11-4-5-12-24(19)20(16-7-2-1-3-8-16)21(26)23-18-10-6-9-17(15-18)22-27-13-14-28-22/h1-3,6-10,15,20,22H,4-5,11-14H2,(H,23,26). The van der Waals surface area contributed by atoms with E-state index in [0.717, 1.165) is 24.1 Å². The van der Waals surface area contributed by atoms with Crippen LogP contribution in [0.25, 0.3) is 0 Å². The third kappa shape index (κ3) is 4.39. The Morgan fingerprint density at radius 2 is 1.82 bits per heavy atom. The van der Waals surface area contributed by atoms with E-state index in [2.05, 4.69) is 17.4 Å². The van der Waals surface area contributed by atoms with Crippen molar-refractivity contribution >= 4 is 41.0 Å². The molecular formula is C22H24N2O2S2. The van der Waals surface area contributed by atoms with Crippen LogP contribution in [-0.2, 0) is 9.59 Å². The van der Waals surface area contributed by atoms with Gasteiger partial charge in [0, 0.05) is 30.2 Å². The molecule has 0 aromatic heterocycles. The predicted molar refractivity (Wildman–Crippen MR) is 117 cm³/mol. The molecule has 146 valence electrons. The lowest BCUT2D eigenvalue weighted by Gasteiger charge is -2.34. The molecule has 2 fully saturated rings. The van der Waals surface area contributed by atoms with Gasteiger partial charge < -0.3 is 10.2 Å². The fourth-order valence-corrected chi connectivity index (χ4v) is 6.57. The van der Waals surface area contributed by atoms with Crippen LogP contribution < -0.4 is 5.32 Å². The molecule has 0 spiro atoms. The summed E-state index contributed by atoms with van der Waals surface area (Å²) in [6.07, 6.45) is 2.35. The predicted octanol–water partition coefficient (Wildman–Crippen LogP) is 4.86. The van der Waals surface area contributed by atoms with Gasteiger partial charge in [-0.15, -0.1) is 23.5 Å². The number of carbonyl (C=O) groups is 2. The van der Waals surface area contributed by atoms with Crippen molar-refractivity contribution in [2.75, 3.05) is 23.4 Å². The van der Waals surface area contributed by atoms with Crippen molar-refractivity contribution in [3.8, 4) is 0 Å². The number of amides is 2. The number of hydrogen-bond donors (Lipinski definition) is 1. The Balaban J connectivity index is 1.57. The summed E-state index contributed by atoms with van der Waals surface area (Å²) >= 11 is 3.89. The summed E-state index contributed by atoms with van der Waals surface area (Å²) in [5.41, 5.74) is 2.88. The molecule has 2 aliphatic heterocycles. The molecule has 1 atom stereocenters. The Hall–Kier alpha value is -1.92. The third-order valence-corrected chi connectivity index (χ3v) is 8.19. The van der Waals surface area contributed by atoms with E-state index in [1.165, 1.54) is 17.1 Å². The molecule has 1 N–H and O–H groups in total. The summed E-state index contributed by atoms with van der Waals surface area (Å²) in [6, 6.07) is 17.1. The largest absolute Gasteiger partial charge is 0.327 e. The molecule has 2 saturated heterocycles. The van der Waals surface area contributed by atoms with E-state index >= 15 is 0 Å². The molecule has 0 saturated carbocycles. The number of likely N-dealkylation sites (tertiary alicyclic amines) is 1. The van der Waals surface area contributed by atoms with Crippen molar-refractivity contribution in [3.63, 3.8) is 0 Å². The maximum Gasteiger partial charge on any atom is 0.251 e. The van der Waals surface area contributed by atoms with Gasteiger partial charge in [-0.2, -0.15) is 0 Å². The number of nitrogens with one attached hydrogen (secondary N) is 1. The van der Waals surface area contributed by atoms with Crippen LogP contribution in [0.1, 0.15) is 41.0 Å². The fraction of sp³-hybridized carbons (Fsp3) is 0.364. The van der Waals surface area contributed by atoms with Gasteiger partial charge in [0.05, 0.1) is 4.58 Å². The topological polar surface area (TPSA) is 49.4 Å². The van der Waals surface area contributed by atoms with E-state index in [1.54, 1.807) is 4.90 Å². The maximum atomic E-state index is 13.3. The average Bonchev–Trinajstić information content (AvgIpc) is 3.26. The summed E-state index contributed by atoms with van der Waals surface area (Å²) in [5.74, 6) is 2.24. The number of hydrogen-bond acceptors (Lipinski definition) is 4. The van der Waals surface area contributed by atoms with Crippen molar-refractivity contribution in [2.24, 2.45) is 0 Å². The monoisotopic (exact) mass is 412 g/mol. The van der Waals surface area contributed by atoms with Crippen LogP contribution >= 0.6 is 23.5 Å². The van der Waals surface area contributed by atoms with Gasteiger partial charge in [0.2, 0.25) is 5.91 Å². The fourth-order valence-electron chi connectivity index (χ4n) is 3.73. The van der Waals surface area contributed by atoms with Gasteiger partial charge >= 0.3 is 0 Å². The maximum absolute atomic E-state index is 13.3. The van der Waals surface area contributed by atoms with Crippen LogP contribution in [0.2, 0.25) is 0 Å². The first-order valence-electron chi connectivity index (χ1n) is 9.71. The van der Waals surface area contributed by atoms with Gasteiger partial charge in [0.15, 0.2) is 0 Å². The molecule has 0 radical (unpaired) electrons. The smallest absolute Gasteiger partial charge is 0.251 e. The summed E-state index contributed by atoms with van der Waals surface area (Å²) in [7, 11) is 0. The van der Waals surface area contributed by atoms with Gasteiger partial charge in [0.1, 0.15) is 6.04 Å². The SMILES string of the molecule is O=C(Nc1cccc(C2SCCS2)c1)C(c1ccccc1)N1CCCCC1=O. The molecule has 4 nitrogen and oxygen atoms in total. The molecule has 2 amide bonds. The highest BCUT2D eigenvalue weighted by atomic mass is 32.2. The molecule has 2 aromatic carbocycles.